The predicted molar refractivity (Wildman–Crippen MR) is 97.9 cm³/mol. The SMILES string of the molecule is C=C(O)Cc1ccc(OCc2nc(-c3ccccc3)oc2C)c(C(F)(F)F)c1. The first kappa shape index (κ1) is 19.5. The normalized spacial score (nSPS) is 11.4. The fourth-order valence-corrected chi connectivity index (χ4v) is 2.68. The van der Waals surface area contributed by atoms with Gasteiger partial charge < -0.3 is 14.3 Å². The zero-order valence-electron chi connectivity index (χ0n) is 15.1. The Balaban J connectivity index is 1.83. The van der Waals surface area contributed by atoms with E-state index in [0.29, 0.717) is 17.3 Å². The third-order valence-electron chi connectivity index (χ3n) is 4.04. The van der Waals surface area contributed by atoms with Gasteiger partial charge in [-0.05, 0) is 36.8 Å². The Kier molecular flexibility index (Phi) is 5.44. The molecule has 0 saturated heterocycles. The van der Waals surface area contributed by atoms with Gasteiger partial charge in [-0.2, -0.15) is 13.2 Å². The van der Waals surface area contributed by atoms with E-state index in [-0.39, 0.29) is 30.1 Å². The highest BCUT2D eigenvalue weighted by atomic mass is 19.4. The van der Waals surface area contributed by atoms with Crippen LogP contribution in [0, 0.1) is 6.92 Å². The molecular weight excluding hydrogens is 371 g/mol. The summed E-state index contributed by atoms with van der Waals surface area (Å²) in [5.74, 6) is 0.321. The molecule has 1 N–H and O–H groups in total. The zero-order valence-corrected chi connectivity index (χ0v) is 15.1. The van der Waals surface area contributed by atoms with Crippen molar-refractivity contribution in [2.24, 2.45) is 0 Å². The highest BCUT2D eigenvalue weighted by molar-refractivity contribution is 5.53. The van der Waals surface area contributed by atoms with E-state index < -0.39 is 11.7 Å². The summed E-state index contributed by atoms with van der Waals surface area (Å²) in [6.45, 7) is 4.81. The summed E-state index contributed by atoms with van der Waals surface area (Å²) in [4.78, 5) is 4.33. The topological polar surface area (TPSA) is 55.5 Å². The van der Waals surface area contributed by atoms with E-state index in [1.54, 1.807) is 6.92 Å². The molecular formula is C21H18F3NO3. The van der Waals surface area contributed by atoms with Crippen molar-refractivity contribution in [3.05, 3.63) is 83.5 Å². The Morgan fingerprint density at radius 1 is 1.18 bits per heavy atom. The first-order valence-electron chi connectivity index (χ1n) is 8.45. The number of nitrogens with zero attached hydrogens (tertiary/aromatic N) is 1. The average molecular weight is 389 g/mol. The second-order valence-electron chi connectivity index (χ2n) is 6.25. The lowest BCUT2D eigenvalue weighted by atomic mass is 10.1. The summed E-state index contributed by atoms with van der Waals surface area (Å²) in [6, 6.07) is 12.8. The lowest BCUT2D eigenvalue weighted by Gasteiger charge is -2.15. The molecule has 0 spiro atoms. The van der Waals surface area contributed by atoms with Crippen molar-refractivity contribution in [2.75, 3.05) is 0 Å². The molecule has 28 heavy (non-hydrogen) atoms. The van der Waals surface area contributed by atoms with Crippen molar-refractivity contribution in [3.63, 3.8) is 0 Å². The number of allylic oxidation sites excluding steroid dienone is 1. The van der Waals surface area contributed by atoms with E-state index >= 15 is 0 Å². The Bertz CT molecular complexity index is 978. The van der Waals surface area contributed by atoms with Gasteiger partial charge in [-0.25, -0.2) is 4.98 Å². The molecule has 3 rings (SSSR count). The number of hydrogen-bond acceptors (Lipinski definition) is 4. The number of aryl methyl sites for hydroxylation is 1. The Morgan fingerprint density at radius 3 is 2.54 bits per heavy atom. The van der Waals surface area contributed by atoms with Crippen LogP contribution in [0.4, 0.5) is 13.2 Å². The van der Waals surface area contributed by atoms with Crippen molar-refractivity contribution < 1.29 is 27.4 Å². The molecule has 7 heteroatoms. The number of aromatic nitrogens is 1. The van der Waals surface area contributed by atoms with Crippen molar-refractivity contribution >= 4 is 0 Å². The molecule has 0 fully saturated rings. The largest absolute Gasteiger partial charge is 0.513 e. The van der Waals surface area contributed by atoms with Crippen LogP contribution in [-0.2, 0) is 19.2 Å². The second kappa shape index (κ2) is 7.80. The molecule has 2 aromatic carbocycles. The molecule has 0 bridgehead atoms. The number of oxazole rings is 1. The third-order valence-corrected chi connectivity index (χ3v) is 4.04. The van der Waals surface area contributed by atoms with E-state index in [4.69, 9.17) is 9.15 Å². The molecule has 0 aliphatic carbocycles. The number of ether oxygens (including phenoxy) is 1. The molecule has 0 unspecified atom stereocenters. The van der Waals surface area contributed by atoms with Crippen molar-refractivity contribution in [1.82, 2.24) is 4.98 Å². The third kappa shape index (κ3) is 4.54. The summed E-state index contributed by atoms with van der Waals surface area (Å²) in [5.41, 5.74) is 0.549. The van der Waals surface area contributed by atoms with Gasteiger partial charge in [-0.15, -0.1) is 0 Å². The fourth-order valence-electron chi connectivity index (χ4n) is 2.68. The monoisotopic (exact) mass is 389 g/mol. The molecule has 1 aromatic heterocycles. The smallest absolute Gasteiger partial charge is 0.419 e. The Labute approximate surface area is 159 Å². The number of benzene rings is 2. The van der Waals surface area contributed by atoms with Gasteiger partial charge in [-0.3, -0.25) is 0 Å². The second-order valence-corrected chi connectivity index (χ2v) is 6.25. The summed E-state index contributed by atoms with van der Waals surface area (Å²) >= 11 is 0. The molecule has 0 aliphatic heterocycles. The zero-order chi connectivity index (χ0) is 20.3. The highest BCUT2D eigenvalue weighted by Gasteiger charge is 2.35. The number of rotatable bonds is 6. The van der Waals surface area contributed by atoms with E-state index in [1.807, 2.05) is 30.3 Å². The van der Waals surface area contributed by atoms with Crippen molar-refractivity contribution in [3.8, 4) is 17.2 Å². The van der Waals surface area contributed by atoms with Gasteiger partial charge >= 0.3 is 6.18 Å². The van der Waals surface area contributed by atoms with Gasteiger partial charge in [0.15, 0.2) is 0 Å². The van der Waals surface area contributed by atoms with Gasteiger partial charge in [0.25, 0.3) is 0 Å². The molecule has 0 radical (unpaired) electrons. The number of halogens is 3. The van der Waals surface area contributed by atoms with E-state index in [1.165, 1.54) is 12.1 Å². The number of aliphatic hydroxyl groups excluding tert-OH is 1. The minimum atomic E-state index is -4.60. The molecule has 0 aliphatic rings. The fraction of sp³-hybridized carbons (Fsp3) is 0.190. The van der Waals surface area contributed by atoms with Gasteiger partial charge in [0.05, 0.1) is 11.3 Å². The van der Waals surface area contributed by atoms with Crippen LogP contribution < -0.4 is 4.74 Å². The van der Waals surface area contributed by atoms with Gasteiger partial charge in [-0.1, -0.05) is 30.8 Å². The quantitative estimate of drug-likeness (QED) is 0.537. The molecule has 3 aromatic rings. The molecule has 0 saturated carbocycles. The van der Waals surface area contributed by atoms with Crippen LogP contribution in [0.2, 0.25) is 0 Å². The lowest BCUT2D eigenvalue weighted by Crippen LogP contribution is -2.10. The van der Waals surface area contributed by atoms with Gasteiger partial charge in [0.1, 0.15) is 23.8 Å². The first-order valence-corrected chi connectivity index (χ1v) is 8.45. The molecule has 0 atom stereocenters. The highest BCUT2D eigenvalue weighted by Crippen LogP contribution is 2.37. The number of hydrogen-bond donors (Lipinski definition) is 1. The van der Waals surface area contributed by atoms with Gasteiger partial charge in [0, 0.05) is 12.0 Å². The van der Waals surface area contributed by atoms with Crippen LogP contribution >= 0.6 is 0 Å². The van der Waals surface area contributed by atoms with Crippen LogP contribution in [0.1, 0.15) is 22.6 Å². The van der Waals surface area contributed by atoms with Crippen LogP contribution in [-0.4, -0.2) is 10.1 Å². The summed E-state index contributed by atoms with van der Waals surface area (Å²) in [6.07, 6.45) is -4.66. The Morgan fingerprint density at radius 2 is 1.89 bits per heavy atom. The molecule has 0 amide bonds. The standard InChI is InChI=1S/C21H18F3NO3/c1-13(26)10-15-8-9-19(17(11-15)21(22,23)24)27-12-18-14(2)28-20(25-18)16-6-4-3-5-7-16/h3-9,11,26H,1,10,12H2,2H3. The minimum absolute atomic E-state index is 0.0633. The van der Waals surface area contributed by atoms with Crippen LogP contribution in [0.5, 0.6) is 5.75 Å². The average Bonchev–Trinajstić information content (AvgIpc) is 3.01. The maximum atomic E-state index is 13.4. The van der Waals surface area contributed by atoms with Crippen LogP contribution in [0.25, 0.3) is 11.5 Å². The van der Waals surface area contributed by atoms with Crippen molar-refractivity contribution in [1.29, 1.82) is 0 Å². The number of aliphatic hydroxyl groups is 1. The summed E-state index contributed by atoms with van der Waals surface area (Å²) < 4.78 is 51.2. The maximum absolute atomic E-state index is 13.4. The predicted octanol–water partition coefficient (Wildman–Crippen LogP) is 5.86. The van der Waals surface area contributed by atoms with E-state index in [2.05, 4.69) is 11.6 Å². The first-order chi connectivity index (χ1) is 13.2. The lowest BCUT2D eigenvalue weighted by molar-refractivity contribution is -0.139. The summed E-state index contributed by atoms with van der Waals surface area (Å²) in [7, 11) is 0. The van der Waals surface area contributed by atoms with Gasteiger partial charge in [0.2, 0.25) is 5.89 Å². The molecule has 4 nitrogen and oxygen atoms in total. The number of alkyl halides is 3. The molecule has 1 heterocycles. The Hall–Kier alpha value is -3.22. The van der Waals surface area contributed by atoms with E-state index in [0.717, 1.165) is 11.6 Å². The van der Waals surface area contributed by atoms with Crippen LogP contribution in [0.15, 0.2) is 65.3 Å². The van der Waals surface area contributed by atoms with Crippen LogP contribution in [0.3, 0.4) is 0 Å². The minimum Gasteiger partial charge on any atom is -0.513 e. The summed E-state index contributed by atoms with van der Waals surface area (Å²) in [5, 5.41) is 9.22. The van der Waals surface area contributed by atoms with E-state index in [9.17, 15) is 18.3 Å². The molecule has 146 valence electrons. The van der Waals surface area contributed by atoms with Crippen molar-refractivity contribution in [2.45, 2.75) is 26.1 Å². The maximum Gasteiger partial charge on any atom is 0.419 e.